The molecule has 3 rings (SSSR count). The van der Waals surface area contributed by atoms with Crippen LogP contribution in [-0.2, 0) is 4.79 Å². The highest BCUT2D eigenvalue weighted by Gasteiger charge is 2.37. The third kappa shape index (κ3) is 5.71. The van der Waals surface area contributed by atoms with E-state index in [2.05, 4.69) is 72.7 Å². The summed E-state index contributed by atoms with van der Waals surface area (Å²) in [6.07, 6.45) is 9.84. The Morgan fingerprint density at radius 2 is 2.10 bits per heavy atom. The van der Waals surface area contributed by atoms with Gasteiger partial charge in [0.2, 0.25) is 0 Å². The number of nitrogens with zero attached hydrogens (tertiary/aromatic N) is 1. The lowest BCUT2D eigenvalue weighted by Gasteiger charge is -2.45. The predicted molar refractivity (Wildman–Crippen MR) is 118 cm³/mol. The van der Waals surface area contributed by atoms with Crippen LogP contribution in [0.25, 0.3) is 0 Å². The van der Waals surface area contributed by atoms with Crippen molar-refractivity contribution in [3.63, 3.8) is 0 Å². The number of carboxylic acid groups (broad SMARTS) is 1. The van der Waals surface area contributed by atoms with Gasteiger partial charge in [-0.15, -0.1) is 0 Å². The number of benzene rings is 1. The Kier molecular flexibility index (Phi) is 7.12. The predicted octanol–water partition coefficient (Wildman–Crippen LogP) is 5.38. The normalized spacial score (nSPS) is 25.4. The minimum atomic E-state index is -0.696. The smallest absolute Gasteiger partial charge is 0.303 e. The molecule has 1 N–H and O–H groups in total. The zero-order chi connectivity index (χ0) is 20.8. The maximum Gasteiger partial charge on any atom is 0.303 e. The molecule has 0 bridgehead atoms. The van der Waals surface area contributed by atoms with E-state index in [1.165, 1.54) is 11.1 Å². The van der Waals surface area contributed by atoms with Crippen molar-refractivity contribution in [2.45, 2.75) is 51.6 Å². The van der Waals surface area contributed by atoms with Crippen molar-refractivity contribution in [3.8, 4) is 11.8 Å². The molecule has 1 fully saturated rings. The molecule has 29 heavy (non-hydrogen) atoms. The second-order valence-electron chi connectivity index (χ2n) is 8.36. The number of carboxylic acids is 1. The monoisotopic (exact) mass is 389 g/mol. The molecule has 3 heteroatoms. The van der Waals surface area contributed by atoms with Crippen molar-refractivity contribution in [3.05, 3.63) is 71.8 Å². The molecule has 1 aliphatic heterocycles. The quantitative estimate of drug-likeness (QED) is 0.687. The fourth-order valence-corrected chi connectivity index (χ4v) is 4.48. The van der Waals surface area contributed by atoms with Gasteiger partial charge in [0.15, 0.2) is 0 Å². The van der Waals surface area contributed by atoms with Crippen LogP contribution < -0.4 is 0 Å². The third-order valence-electron chi connectivity index (χ3n) is 5.94. The van der Waals surface area contributed by atoms with E-state index in [4.69, 9.17) is 0 Å². The molecule has 0 amide bonds. The summed E-state index contributed by atoms with van der Waals surface area (Å²) in [4.78, 5) is 13.8. The van der Waals surface area contributed by atoms with E-state index >= 15 is 0 Å². The van der Waals surface area contributed by atoms with Gasteiger partial charge in [-0.2, -0.15) is 0 Å². The first-order valence-corrected chi connectivity index (χ1v) is 10.5. The van der Waals surface area contributed by atoms with Crippen LogP contribution in [0.4, 0.5) is 0 Å². The molecule has 3 nitrogen and oxygen atoms in total. The minimum absolute atomic E-state index is 0.0101. The SMILES string of the molecule is C=C(C)C#C[C@@H](c1ccccc1)N1CC[C@H](CC(=O)O)C[C@@H]1C1C=CC(C)=CC1. The molecule has 152 valence electrons. The standard InChI is InChI=1S/C26H31NO2/c1-19(2)9-14-24(22-7-5-4-6-8-22)27-16-15-21(18-26(28)29)17-25(27)23-12-10-20(3)11-13-23/h4-8,10-12,21,23-25H,1,13,15-18H2,2-3H3,(H,28,29)/t21-,23?,24-,25+/m0/s1. The largest absolute Gasteiger partial charge is 0.481 e. The number of allylic oxidation sites excluding steroid dienone is 4. The number of hydrogen-bond acceptors (Lipinski definition) is 2. The van der Waals surface area contributed by atoms with E-state index < -0.39 is 5.97 Å². The maximum atomic E-state index is 11.3. The summed E-state index contributed by atoms with van der Waals surface area (Å²) in [5.41, 5.74) is 3.35. The Morgan fingerprint density at radius 1 is 1.34 bits per heavy atom. The van der Waals surface area contributed by atoms with Gasteiger partial charge in [-0.25, -0.2) is 0 Å². The molecule has 1 aromatic carbocycles. The fraction of sp³-hybridized carbons (Fsp3) is 0.423. The molecule has 0 radical (unpaired) electrons. The molecule has 0 aromatic heterocycles. The number of piperidine rings is 1. The lowest BCUT2D eigenvalue weighted by Crippen LogP contribution is -2.48. The van der Waals surface area contributed by atoms with E-state index in [0.717, 1.165) is 31.4 Å². The van der Waals surface area contributed by atoms with Crippen LogP contribution in [0, 0.1) is 23.7 Å². The van der Waals surface area contributed by atoms with Crippen LogP contribution in [0.2, 0.25) is 0 Å². The van der Waals surface area contributed by atoms with E-state index in [0.29, 0.717) is 5.92 Å². The molecular weight excluding hydrogens is 358 g/mol. The lowest BCUT2D eigenvalue weighted by atomic mass is 9.78. The highest BCUT2D eigenvalue weighted by Crippen LogP contribution is 2.38. The number of rotatable bonds is 5. The van der Waals surface area contributed by atoms with Crippen LogP contribution in [0.3, 0.4) is 0 Å². The van der Waals surface area contributed by atoms with Crippen molar-refractivity contribution in [1.29, 1.82) is 0 Å². The van der Waals surface area contributed by atoms with Gasteiger partial charge in [0, 0.05) is 19.0 Å². The molecule has 1 heterocycles. The first kappa shape index (κ1) is 21.1. The molecule has 0 saturated carbocycles. The summed E-state index contributed by atoms with van der Waals surface area (Å²) >= 11 is 0. The summed E-state index contributed by atoms with van der Waals surface area (Å²) in [5.74, 6) is 6.57. The minimum Gasteiger partial charge on any atom is -0.481 e. The first-order chi connectivity index (χ1) is 13.9. The highest BCUT2D eigenvalue weighted by molar-refractivity contribution is 5.67. The summed E-state index contributed by atoms with van der Waals surface area (Å²) in [6.45, 7) is 8.87. The van der Waals surface area contributed by atoms with Gasteiger partial charge >= 0.3 is 5.97 Å². The Balaban J connectivity index is 1.93. The molecular formula is C26H31NO2. The fourth-order valence-electron chi connectivity index (χ4n) is 4.48. The van der Waals surface area contributed by atoms with Crippen LogP contribution in [0.15, 0.2) is 66.3 Å². The summed E-state index contributed by atoms with van der Waals surface area (Å²) in [7, 11) is 0. The van der Waals surface area contributed by atoms with E-state index in [-0.39, 0.29) is 24.4 Å². The molecule has 1 aliphatic carbocycles. The molecule has 2 aliphatic rings. The number of aliphatic carboxylic acids is 1. The molecule has 4 atom stereocenters. The average molecular weight is 390 g/mol. The van der Waals surface area contributed by atoms with Gasteiger partial charge in [0.1, 0.15) is 0 Å². The summed E-state index contributed by atoms with van der Waals surface area (Å²) in [5, 5.41) is 9.33. The second kappa shape index (κ2) is 9.76. The number of carbonyl (C=O) groups is 1. The molecule has 1 unspecified atom stereocenters. The Hall–Kier alpha value is -2.57. The molecule has 1 saturated heterocycles. The zero-order valence-electron chi connectivity index (χ0n) is 17.5. The molecule has 0 spiro atoms. The van der Waals surface area contributed by atoms with Gasteiger partial charge in [0.25, 0.3) is 0 Å². The summed E-state index contributed by atoms with van der Waals surface area (Å²) < 4.78 is 0. The molecule has 1 aromatic rings. The summed E-state index contributed by atoms with van der Waals surface area (Å²) in [6, 6.07) is 10.7. The van der Waals surface area contributed by atoms with Crippen molar-refractivity contribution < 1.29 is 9.90 Å². The van der Waals surface area contributed by atoms with E-state index in [9.17, 15) is 9.90 Å². The van der Waals surface area contributed by atoms with Crippen LogP contribution in [-0.4, -0.2) is 28.6 Å². The van der Waals surface area contributed by atoms with Crippen molar-refractivity contribution in [1.82, 2.24) is 4.90 Å². The van der Waals surface area contributed by atoms with E-state index in [1.807, 2.05) is 13.0 Å². The Bertz CT molecular complexity index is 856. The zero-order valence-corrected chi connectivity index (χ0v) is 17.5. The lowest BCUT2D eigenvalue weighted by molar-refractivity contribution is -0.138. The van der Waals surface area contributed by atoms with Crippen LogP contribution in [0.1, 0.15) is 51.1 Å². The van der Waals surface area contributed by atoms with Crippen molar-refractivity contribution in [2.75, 3.05) is 6.54 Å². The van der Waals surface area contributed by atoms with Gasteiger partial charge in [0.05, 0.1) is 6.04 Å². The van der Waals surface area contributed by atoms with Gasteiger partial charge in [-0.3, -0.25) is 9.69 Å². The van der Waals surface area contributed by atoms with E-state index in [1.54, 1.807) is 0 Å². The maximum absolute atomic E-state index is 11.3. The average Bonchev–Trinajstić information content (AvgIpc) is 2.70. The third-order valence-corrected chi connectivity index (χ3v) is 5.94. The van der Waals surface area contributed by atoms with Crippen LogP contribution in [0.5, 0.6) is 0 Å². The van der Waals surface area contributed by atoms with Gasteiger partial charge in [-0.05, 0) is 56.1 Å². The van der Waals surface area contributed by atoms with Crippen LogP contribution >= 0.6 is 0 Å². The number of hydrogen-bond donors (Lipinski definition) is 1. The topological polar surface area (TPSA) is 40.5 Å². The number of likely N-dealkylation sites (tertiary alicyclic amines) is 1. The van der Waals surface area contributed by atoms with Crippen molar-refractivity contribution >= 4 is 5.97 Å². The highest BCUT2D eigenvalue weighted by atomic mass is 16.4. The van der Waals surface area contributed by atoms with Gasteiger partial charge in [-0.1, -0.05) is 72.6 Å². The van der Waals surface area contributed by atoms with Gasteiger partial charge < -0.3 is 5.11 Å². The van der Waals surface area contributed by atoms with Crippen molar-refractivity contribution in [2.24, 2.45) is 11.8 Å². The first-order valence-electron chi connectivity index (χ1n) is 10.5. The Morgan fingerprint density at radius 3 is 2.72 bits per heavy atom. The second-order valence-corrected chi connectivity index (χ2v) is 8.36. The Labute approximate surface area is 174 Å².